The van der Waals surface area contributed by atoms with Crippen LogP contribution in [0.5, 0.6) is 0 Å². The van der Waals surface area contributed by atoms with Gasteiger partial charge in [0.2, 0.25) is 10.0 Å². The van der Waals surface area contributed by atoms with Gasteiger partial charge in [0.05, 0.1) is 5.69 Å². The lowest BCUT2D eigenvalue weighted by Gasteiger charge is -2.29. The zero-order valence-corrected chi connectivity index (χ0v) is 12.9. The first-order valence-electron chi connectivity index (χ1n) is 6.17. The number of nitrogen functional groups attached to an aromatic ring is 1. The van der Waals surface area contributed by atoms with Gasteiger partial charge in [0.25, 0.3) is 0 Å². The summed E-state index contributed by atoms with van der Waals surface area (Å²) in [6.07, 6.45) is 0. The van der Waals surface area contributed by atoms with Gasteiger partial charge >= 0.3 is 0 Å². The molecule has 0 fully saturated rings. The van der Waals surface area contributed by atoms with Crippen LogP contribution in [0.3, 0.4) is 0 Å². The minimum absolute atomic E-state index is 0.101. The molecule has 0 amide bonds. The van der Waals surface area contributed by atoms with Gasteiger partial charge in [-0.25, -0.2) is 13.1 Å². The monoisotopic (exact) mass is 285 g/mol. The topological polar surface area (TPSA) is 84.2 Å². The molecule has 1 aromatic carbocycles. The highest BCUT2D eigenvalue weighted by Crippen LogP contribution is 2.26. The number of nitrogens with two attached hydrogens (primary N) is 1. The molecule has 0 aromatic heterocycles. The van der Waals surface area contributed by atoms with E-state index in [0.29, 0.717) is 0 Å². The van der Waals surface area contributed by atoms with Crippen LogP contribution in [-0.2, 0) is 10.0 Å². The second-order valence-electron chi connectivity index (χ2n) is 5.69. The highest BCUT2D eigenvalue weighted by molar-refractivity contribution is 7.89. The van der Waals surface area contributed by atoms with Gasteiger partial charge in [-0.3, -0.25) is 0 Å². The number of hydrogen-bond acceptors (Lipinski definition) is 4. The van der Waals surface area contributed by atoms with Crippen LogP contribution in [0.25, 0.3) is 0 Å². The van der Waals surface area contributed by atoms with E-state index in [2.05, 4.69) is 37.7 Å². The summed E-state index contributed by atoms with van der Waals surface area (Å²) >= 11 is 0. The van der Waals surface area contributed by atoms with Crippen molar-refractivity contribution >= 4 is 21.4 Å². The van der Waals surface area contributed by atoms with E-state index in [0.717, 1.165) is 5.69 Å². The summed E-state index contributed by atoms with van der Waals surface area (Å²) < 4.78 is 25.7. The Bertz CT molecular complexity index is 547. The summed E-state index contributed by atoms with van der Waals surface area (Å²) in [7, 11) is -2.14. The summed E-state index contributed by atoms with van der Waals surface area (Å²) in [4.78, 5) is 0.101. The maximum absolute atomic E-state index is 11.7. The van der Waals surface area contributed by atoms with E-state index in [4.69, 9.17) is 5.73 Å². The Morgan fingerprint density at radius 2 is 1.84 bits per heavy atom. The van der Waals surface area contributed by atoms with Gasteiger partial charge in [-0.2, -0.15) is 0 Å². The van der Waals surface area contributed by atoms with Gasteiger partial charge in [-0.1, -0.05) is 20.8 Å². The number of benzene rings is 1. The van der Waals surface area contributed by atoms with E-state index in [1.165, 1.54) is 13.1 Å². The first kappa shape index (κ1) is 15.8. The van der Waals surface area contributed by atoms with Crippen molar-refractivity contribution < 1.29 is 8.42 Å². The van der Waals surface area contributed by atoms with E-state index in [1.807, 2.05) is 0 Å². The van der Waals surface area contributed by atoms with Crippen molar-refractivity contribution in [3.8, 4) is 0 Å². The lowest BCUT2D eigenvalue weighted by atomic mass is 9.88. The van der Waals surface area contributed by atoms with E-state index in [9.17, 15) is 8.42 Å². The van der Waals surface area contributed by atoms with Crippen LogP contribution in [0.1, 0.15) is 27.7 Å². The van der Waals surface area contributed by atoms with Crippen molar-refractivity contribution in [1.29, 1.82) is 0 Å². The largest absolute Gasteiger partial charge is 0.398 e. The highest BCUT2D eigenvalue weighted by Gasteiger charge is 2.20. The van der Waals surface area contributed by atoms with Gasteiger partial charge in [-0.15, -0.1) is 0 Å². The summed E-state index contributed by atoms with van der Waals surface area (Å²) in [6.45, 7) is 8.48. The Hall–Kier alpha value is -1.27. The molecule has 0 bridgehead atoms. The zero-order valence-electron chi connectivity index (χ0n) is 12.1. The quantitative estimate of drug-likeness (QED) is 0.739. The molecule has 0 aliphatic rings. The van der Waals surface area contributed by atoms with Gasteiger partial charge in [0.15, 0.2) is 0 Å². The molecule has 0 aliphatic heterocycles. The predicted molar refractivity (Wildman–Crippen MR) is 79.6 cm³/mol. The summed E-state index contributed by atoms with van der Waals surface area (Å²) in [5.74, 6) is 0. The summed E-state index contributed by atoms with van der Waals surface area (Å²) in [6, 6.07) is 5.12. The summed E-state index contributed by atoms with van der Waals surface area (Å²) in [5, 5.41) is 3.32. The molecule has 0 heterocycles. The lowest BCUT2D eigenvalue weighted by Crippen LogP contribution is -2.30. The molecule has 1 rings (SSSR count). The third kappa shape index (κ3) is 3.84. The standard InChI is InChI=1S/C13H23N3O2S/c1-9(13(2,3)4)16-10-6-7-12(11(14)8-10)19(17,18)15-5/h6-9,15-16H,14H2,1-5H3. The Labute approximate surface area is 115 Å². The number of anilines is 2. The van der Waals surface area contributed by atoms with E-state index in [1.54, 1.807) is 12.1 Å². The van der Waals surface area contributed by atoms with E-state index >= 15 is 0 Å². The fraction of sp³-hybridized carbons (Fsp3) is 0.538. The molecule has 0 spiro atoms. The van der Waals surface area contributed by atoms with Crippen LogP contribution < -0.4 is 15.8 Å². The minimum atomic E-state index is -3.51. The van der Waals surface area contributed by atoms with Crippen molar-refractivity contribution in [1.82, 2.24) is 4.72 Å². The van der Waals surface area contributed by atoms with Crippen LogP contribution in [0.2, 0.25) is 0 Å². The van der Waals surface area contributed by atoms with Gasteiger partial charge in [0, 0.05) is 11.7 Å². The van der Waals surface area contributed by atoms with Crippen molar-refractivity contribution in [3.05, 3.63) is 18.2 Å². The first-order chi connectivity index (χ1) is 8.58. The fourth-order valence-corrected chi connectivity index (χ4v) is 2.30. The Morgan fingerprint density at radius 1 is 1.26 bits per heavy atom. The second kappa shape index (κ2) is 5.38. The predicted octanol–water partition coefficient (Wildman–Crippen LogP) is 2.02. The van der Waals surface area contributed by atoms with Crippen LogP contribution in [0.4, 0.5) is 11.4 Å². The second-order valence-corrected chi connectivity index (χ2v) is 7.55. The SMILES string of the molecule is CNS(=O)(=O)c1ccc(NC(C)C(C)(C)C)cc1N. The first-order valence-corrected chi connectivity index (χ1v) is 7.66. The molecule has 1 atom stereocenters. The molecule has 0 aliphatic carbocycles. The molecule has 6 heteroatoms. The lowest BCUT2D eigenvalue weighted by molar-refractivity contribution is 0.359. The minimum Gasteiger partial charge on any atom is -0.398 e. The average Bonchev–Trinajstić information content (AvgIpc) is 2.27. The molecule has 5 nitrogen and oxygen atoms in total. The van der Waals surface area contributed by atoms with Crippen LogP contribution in [0, 0.1) is 5.41 Å². The van der Waals surface area contributed by atoms with Crippen LogP contribution in [-0.4, -0.2) is 21.5 Å². The molecule has 0 radical (unpaired) electrons. The maximum Gasteiger partial charge on any atom is 0.242 e. The van der Waals surface area contributed by atoms with Gasteiger partial charge in [-0.05, 0) is 37.6 Å². The molecule has 1 unspecified atom stereocenters. The third-order valence-corrected chi connectivity index (χ3v) is 4.74. The van der Waals surface area contributed by atoms with E-state index in [-0.39, 0.29) is 22.0 Å². The summed E-state index contributed by atoms with van der Waals surface area (Å²) in [5.41, 5.74) is 6.96. The van der Waals surface area contributed by atoms with Crippen molar-refractivity contribution in [2.24, 2.45) is 5.41 Å². The van der Waals surface area contributed by atoms with E-state index < -0.39 is 10.0 Å². The fourth-order valence-electron chi connectivity index (χ4n) is 1.46. The van der Waals surface area contributed by atoms with Gasteiger partial charge in [0.1, 0.15) is 4.90 Å². The number of rotatable bonds is 4. The van der Waals surface area contributed by atoms with Crippen LogP contribution in [0.15, 0.2) is 23.1 Å². The van der Waals surface area contributed by atoms with Crippen LogP contribution >= 0.6 is 0 Å². The maximum atomic E-state index is 11.7. The Morgan fingerprint density at radius 3 is 2.26 bits per heavy atom. The molecular weight excluding hydrogens is 262 g/mol. The zero-order chi connectivity index (χ0) is 14.8. The number of sulfonamides is 1. The molecule has 0 saturated carbocycles. The van der Waals surface area contributed by atoms with Gasteiger partial charge < -0.3 is 11.1 Å². The highest BCUT2D eigenvalue weighted by atomic mass is 32.2. The Kier molecular flexibility index (Phi) is 4.47. The van der Waals surface area contributed by atoms with Crippen molar-refractivity contribution in [2.75, 3.05) is 18.1 Å². The third-order valence-electron chi connectivity index (χ3n) is 3.25. The molecule has 1 aromatic rings. The smallest absolute Gasteiger partial charge is 0.242 e. The number of nitrogens with one attached hydrogen (secondary N) is 2. The molecule has 0 saturated heterocycles. The molecule has 108 valence electrons. The molecule has 4 N–H and O–H groups in total. The molecule has 19 heavy (non-hydrogen) atoms. The number of hydrogen-bond donors (Lipinski definition) is 3. The molecular formula is C13H23N3O2S. The van der Waals surface area contributed by atoms with Crippen molar-refractivity contribution in [2.45, 2.75) is 38.6 Å². The Balaban J connectivity index is 3.02. The normalized spacial score (nSPS) is 14.2. The van der Waals surface area contributed by atoms with Crippen molar-refractivity contribution in [3.63, 3.8) is 0 Å². The average molecular weight is 285 g/mol.